The van der Waals surface area contributed by atoms with E-state index in [0.29, 0.717) is 31.0 Å². The van der Waals surface area contributed by atoms with Crippen LogP contribution in [0.3, 0.4) is 0 Å². The molecule has 2 heterocycles. The zero-order chi connectivity index (χ0) is 13.1. The third kappa shape index (κ3) is 2.59. The van der Waals surface area contributed by atoms with Crippen molar-refractivity contribution in [2.45, 2.75) is 13.3 Å². The van der Waals surface area contributed by atoms with Gasteiger partial charge in [0, 0.05) is 13.1 Å². The molecular weight excluding hydrogens is 256 g/mol. The number of halogens is 1. The van der Waals surface area contributed by atoms with Gasteiger partial charge in [-0.1, -0.05) is 11.6 Å². The number of aromatic nitrogens is 2. The second-order valence-corrected chi connectivity index (χ2v) is 4.40. The lowest BCUT2D eigenvalue weighted by Crippen LogP contribution is -2.34. The molecule has 0 saturated carbocycles. The normalized spacial score (nSPS) is 16.1. The summed E-state index contributed by atoms with van der Waals surface area (Å²) in [5, 5.41) is 2.89. The summed E-state index contributed by atoms with van der Waals surface area (Å²) >= 11 is 5.92. The maximum Gasteiger partial charge on any atom is 0.239 e. The van der Waals surface area contributed by atoms with E-state index in [1.165, 1.54) is 0 Å². The van der Waals surface area contributed by atoms with Gasteiger partial charge in [-0.15, -0.1) is 0 Å². The molecule has 1 fully saturated rings. The van der Waals surface area contributed by atoms with Crippen molar-refractivity contribution >= 4 is 29.6 Å². The lowest BCUT2D eigenvalue weighted by molar-refractivity contribution is -0.119. The third-order valence-corrected chi connectivity index (χ3v) is 2.96. The largest absolute Gasteiger partial charge is 0.354 e. The molecule has 18 heavy (non-hydrogen) atoms. The number of rotatable bonds is 2. The van der Waals surface area contributed by atoms with E-state index >= 15 is 0 Å². The predicted molar refractivity (Wildman–Crippen MR) is 67.0 cm³/mol. The number of aldehydes is 1. The second kappa shape index (κ2) is 5.30. The molecule has 96 valence electrons. The molecule has 0 aromatic carbocycles. The fourth-order valence-electron chi connectivity index (χ4n) is 1.86. The van der Waals surface area contributed by atoms with E-state index < -0.39 is 0 Å². The Kier molecular flexibility index (Phi) is 3.76. The fraction of sp³-hybridized carbons (Fsp3) is 0.455. The molecule has 1 saturated heterocycles. The van der Waals surface area contributed by atoms with Crippen LogP contribution in [0.25, 0.3) is 0 Å². The monoisotopic (exact) mass is 268 g/mol. The highest BCUT2D eigenvalue weighted by atomic mass is 35.5. The van der Waals surface area contributed by atoms with Crippen LogP contribution in [-0.2, 0) is 4.79 Å². The molecule has 6 nitrogen and oxygen atoms in total. The van der Waals surface area contributed by atoms with Crippen LogP contribution in [0, 0.1) is 6.92 Å². The minimum absolute atomic E-state index is 0.0864. The van der Waals surface area contributed by atoms with Gasteiger partial charge in [-0.2, -0.15) is 0 Å². The number of aryl methyl sites for hydroxylation is 1. The van der Waals surface area contributed by atoms with Crippen LogP contribution in [0.4, 0.5) is 5.82 Å². The number of amides is 1. The smallest absolute Gasteiger partial charge is 0.239 e. The Balaban J connectivity index is 2.42. The number of anilines is 1. The maximum absolute atomic E-state index is 11.5. The van der Waals surface area contributed by atoms with Crippen LogP contribution in [0.5, 0.6) is 0 Å². The van der Waals surface area contributed by atoms with E-state index in [1.807, 2.05) is 0 Å². The molecule has 0 bridgehead atoms. The second-order valence-electron chi connectivity index (χ2n) is 4.04. The number of hydrogen-bond acceptors (Lipinski definition) is 5. The van der Waals surface area contributed by atoms with Gasteiger partial charge in [0.1, 0.15) is 16.8 Å². The minimum atomic E-state index is -0.0864. The van der Waals surface area contributed by atoms with Crippen LogP contribution in [-0.4, -0.2) is 41.8 Å². The molecule has 2 rings (SSSR count). The van der Waals surface area contributed by atoms with Gasteiger partial charge < -0.3 is 10.2 Å². The van der Waals surface area contributed by atoms with Gasteiger partial charge >= 0.3 is 0 Å². The van der Waals surface area contributed by atoms with Crippen molar-refractivity contribution < 1.29 is 9.59 Å². The molecule has 0 unspecified atom stereocenters. The number of carbonyl (C=O) groups excluding carboxylic acids is 2. The van der Waals surface area contributed by atoms with Crippen LogP contribution >= 0.6 is 11.6 Å². The average molecular weight is 269 g/mol. The first-order valence-electron chi connectivity index (χ1n) is 5.63. The van der Waals surface area contributed by atoms with Gasteiger partial charge in [-0.3, -0.25) is 9.59 Å². The molecule has 1 aromatic heterocycles. The van der Waals surface area contributed by atoms with Gasteiger partial charge in [-0.05, 0) is 13.3 Å². The summed E-state index contributed by atoms with van der Waals surface area (Å²) in [6.45, 7) is 3.14. The lowest BCUT2D eigenvalue weighted by atomic mass is 10.3. The summed E-state index contributed by atoms with van der Waals surface area (Å²) in [6, 6.07) is 0. The number of carbonyl (C=O) groups is 2. The summed E-state index contributed by atoms with van der Waals surface area (Å²) in [6.07, 6.45) is 1.42. The van der Waals surface area contributed by atoms with E-state index in [0.717, 1.165) is 6.42 Å². The van der Waals surface area contributed by atoms with Crippen LogP contribution in [0.2, 0.25) is 5.15 Å². The van der Waals surface area contributed by atoms with Gasteiger partial charge in [0.2, 0.25) is 5.91 Å². The molecule has 0 spiro atoms. The Morgan fingerprint density at radius 3 is 2.94 bits per heavy atom. The quantitative estimate of drug-likeness (QED) is 0.627. The molecule has 1 aliphatic rings. The molecule has 1 amide bonds. The van der Waals surface area contributed by atoms with Gasteiger partial charge in [0.05, 0.1) is 12.1 Å². The van der Waals surface area contributed by atoms with Gasteiger partial charge in [0.15, 0.2) is 6.29 Å². The summed E-state index contributed by atoms with van der Waals surface area (Å²) in [5.41, 5.74) is 0.233. The molecule has 7 heteroatoms. The average Bonchev–Trinajstić information content (AvgIpc) is 2.53. The Labute approximate surface area is 109 Å². The van der Waals surface area contributed by atoms with E-state index in [-0.39, 0.29) is 23.2 Å². The summed E-state index contributed by atoms with van der Waals surface area (Å²) in [5.74, 6) is 0.821. The van der Waals surface area contributed by atoms with Crippen molar-refractivity contribution in [3.8, 4) is 0 Å². The Morgan fingerprint density at radius 1 is 1.44 bits per heavy atom. The molecule has 0 atom stereocenters. The molecule has 0 radical (unpaired) electrons. The van der Waals surface area contributed by atoms with Crippen molar-refractivity contribution in [1.29, 1.82) is 0 Å². The van der Waals surface area contributed by atoms with E-state index in [4.69, 9.17) is 11.6 Å². The van der Waals surface area contributed by atoms with Gasteiger partial charge in [0.25, 0.3) is 0 Å². The molecule has 0 aliphatic carbocycles. The first-order chi connectivity index (χ1) is 8.61. The third-order valence-electron chi connectivity index (χ3n) is 2.67. The standard InChI is InChI=1S/C11H13ClN4O2/c1-7-14-10(12)8(6-17)11(15-7)16-4-2-3-13-9(18)5-16/h6H,2-5H2,1H3,(H,13,18). The topological polar surface area (TPSA) is 75.2 Å². The van der Waals surface area contributed by atoms with Crippen molar-refractivity contribution in [3.63, 3.8) is 0 Å². The maximum atomic E-state index is 11.5. The summed E-state index contributed by atoms with van der Waals surface area (Å²) in [7, 11) is 0. The number of nitrogens with zero attached hydrogens (tertiary/aromatic N) is 3. The molecule has 1 aliphatic heterocycles. The SMILES string of the molecule is Cc1nc(Cl)c(C=O)c(N2CCCNC(=O)C2)n1. The zero-order valence-corrected chi connectivity index (χ0v) is 10.7. The molecule has 1 aromatic rings. The number of hydrogen-bond donors (Lipinski definition) is 1. The Hall–Kier alpha value is -1.69. The van der Waals surface area contributed by atoms with Crippen LogP contribution in [0.15, 0.2) is 0 Å². The van der Waals surface area contributed by atoms with E-state index in [9.17, 15) is 9.59 Å². The van der Waals surface area contributed by atoms with Crippen molar-refractivity contribution in [2.75, 3.05) is 24.5 Å². The summed E-state index contributed by atoms with van der Waals surface area (Å²) in [4.78, 5) is 32.5. The van der Waals surface area contributed by atoms with Crippen molar-refractivity contribution in [1.82, 2.24) is 15.3 Å². The highest BCUT2D eigenvalue weighted by Gasteiger charge is 2.21. The fourth-order valence-corrected chi connectivity index (χ4v) is 2.11. The van der Waals surface area contributed by atoms with Gasteiger partial charge in [-0.25, -0.2) is 9.97 Å². The van der Waals surface area contributed by atoms with Crippen molar-refractivity contribution in [2.24, 2.45) is 0 Å². The zero-order valence-electron chi connectivity index (χ0n) is 9.94. The number of nitrogens with one attached hydrogen (secondary N) is 1. The highest BCUT2D eigenvalue weighted by molar-refractivity contribution is 6.32. The first-order valence-corrected chi connectivity index (χ1v) is 6.00. The lowest BCUT2D eigenvalue weighted by Gasteiger charge is -2.22. The van der Waals surface area contributed by atoms with E-state index in [1.54, 1.807) is 11.8 Å². The predicted octanol–water partition coefficient (Wildman–Crippen LogP) is 0.577. The van der Waals surface area contributed by atoms with Crippen LogP contribution in [0.1, 0.15) is 22.6 Å². The molecular formula is C11H13ClN4O2. The highest BCUT2D eigenvalue weighted by Crippen LogP contribution is 2.23. The first kappa shape index (κ1) is 12.8. The van der Waals surface area contributed by atoms with E-state index in [2.05, 4.69) is 15.3 Å². The van der Waals surface area contributed by atoms with Crippen molar-refractivity contribution in [3.05, 3.63) is 16.5 Å². The Bertz CT molecular complexity index is 492. The summed E-state index contributed by atoms with van der Waals surface area (Å²) < 4.78 is 0. The minimum Gasteiger partial charge on any atom is -0.354 e. The Morgan fingerprint density at radius 2 is 2.22 bits per heavy atom. The molecule has 1 N–H and O–H groups in total. The van der Waals surface area contributed by atoms with Crippen LogP contribution < -0.4 is 10.2 Å².